The zero-order chi connectivity index (χ0) is 17.3. The van der Waals surface area contributed by atoms with E-state index in [-0.39, 0.29) is 5.91 Å². The maximum Gasteiger partial charge on any atom is 0.240 e. The molecule has 1 fully saturated rings. The minimum Gasteiger partial charge on any atom is -0.489 e. The van der Waals surface area contributed by atoms with Crippen LogP contribution < -0.4 is 10.2 Å². The topological polar surface area (TPSA) is 50.7 Å². The van der Waals surface area contributed by atoms with Crippen molar-refractivity contribution in [1.29, 1.82) is 0 Å². The highest BCUT2D eigenvalue weighted by atomic mass is 32.2. The zero-order valence-corrected chi connectivity index (χ0v) is 15.4. The molecule has 0 spiro atoms. The van der Waals surface area contributed by atoms with Crippen LogP contribution in [0.4, 0.5) is 0 Å². The third-order valence-electron chi connectivity index (χ3n) is 3.53. The van der Waals surface area contributed by atoms with E-state index in [0.29, 0.717) is 12.5 Å². The molecule has 0 bridgehead atoms. The number of benzene rings is 2. The van der Waals surface area contributed by atoms with Crippen LogP contribution in [0.2, 0.25) is 0 Å². The van der Waals surface area contributed by atoms with E-state index >= 15 is 0 Å². The Hall–Kier alpha value is -1.92. The predicted octanol–water partition coefficient (Wildman–Crippen LogP) is 3.81. The molecule has 6 heteroatoms. The summed E-state index contributed by atoms with van der Waals surface area (Å²) in [6.07, 6.45) is 2.42. The average molecular weight is 373 g/mol. The number of carbonyl (C=O) groups excluding carboxylic acids is 1. The van der Waals surface area contributed by atoms with Gasteiger partial charge in [-0.05, 0) is 42.0 Å². The lowest BCUT2D eigenvalue weighted by molar-refractivity contribution is -0.120. The summed E-state index contributed by atoms with van der Waals surface area (Å²) in [6.45, 7) is 0. The van der Waals surface area contributed by atoms with Crippen molar-refractivity contribution in [3.63, 3.8) is 0 Å². The predicted molar refractivity (Wildman–Crippen MR) is 106 cm³/mol. The Bertz CT molecular complexity index is 701. The van der Waals surface area contributed by atoms with Gasteiger partial charge in [0.15, 0.2) is 0 Å². The number of thioether (sulfide) groups is 2. The SMILES string of the molecule is O=C(CCSc1ccccc1)N/N=C\c1ccc(OC2CSC2)cc1. The summed E-state index contributed by atoms with van der Waals surface area (Å²) in [4.78, 5) is 12.9. The average Bonchev–Trinajstić information content (AvgIpc) is 2.60. The van der Waals surface area contributed by atoms with E-state index in [1.807, 2.05) is 66.4 Å². The molecule has 0 radical (unpaired) electrons. The second kappa shape index (κ2) is 9.53. The Kier molecular flexibility index (Phi) is 6.82. The van der Waals surface area contributed by atoms with Crippen LogP contribution in [0.15, 0.2) is 64.6 Å². The fourth-order valence-electron chi connectivity index (χ4n) is 2.12. The molecule has 0 unspecified atom stereocenters. The van der Waals surface area contributed by atoms with Gasteiger partial charge in [-0.1, -0.05) is 18.2 Å². The summed E-state index contributed by atoms with van der Waals surface area (Å²) < 4.78 is 5.79. The van der Waals surface area contributed by atoms with Gasteiger partial charge in [0.05, 0.1) is 6.21 Å². The van der Waals surface area contributed by atoms with E-state index in [1.54, 1.807) is 18.0 Å². The van der Waals surface area contributed by atoms with E-state index in [0.717, 1.165) is 28.6 Å². The molecule has 1 N–H and O–H groups in total. The van der Waals surface area contributed by atoms with E-state index in [4.69, 9.17) is 4.74 Å². The van der Waals surface area contributed by atoms with Crippen LogP contribution in [0.5, 0.6) is 5.75 Å². The number of nitrogens with zero attached hydrogens (tertiary/aromatic N) is 1. The van der Waals surface area contributed by atoms with Crippen LogP contribution in [-0.4, -0.2) is 35.5 Å². The smallest absolute Gasteiger partial charge is 0.240 e. The van der Waals surface area contributed by atoms with Crippen LogP contribution in [0, 0.1) is 0 Å². The Labute approximate surface area is 156 Å². The summed E-state index contributed by atoms with van der Waals surface area (Å²) in [6, 6.07) is 17.8. The Balaban J connectivity index is 1.36. The Morgan fingerprint density at radius 3 is 2.64 bits per heavy atom. The fourth-order valence-corrected chi connectivity index (χ4v) is 3.56. The van der Waals surface area contributed by atoms with Crippen molar-refractivity contribution in [3.8, 4) is 5.75 Å². The molecular weight excluding hydrogens is 352 g/mol. The number of hydrogen-bond donors (Lipinski definition) is 1. The Morgan fingerprint density at radius 1 is 1.20 bits per heavy atom. The second-order valence-corrected chi connectivity index (χ2v) is 7.79. The summed E-state index contributed by atoms with van der Waals surface area (Å²) in [5.41, 5.74) is 3.49. The first kappa shape index (κ1) is 17.9. The molecule has 2 aromatic rings. The van der Waals surface area contributed by atoms with E-state index < -0.39 is 0 Å². The van der Waals surface area contributed by atoms with Crippen molar-refractivity contribution >= 4 is 35.6 Å². The molecule has 1 heterocycles. The first-order valence-electron chi connectivity index (χ1n) is 8.14. The molecule has 1 amide bonds. The van der Waals surface area contributed by atoms with E-state index in [2.05, 4.69) is 10.5 Å². The first-order chi connectivity index (χ1) is 12.3. The number of nitrogens with one attached hydrogen (secondary N) is 1. The lowest BCUT2D eigenvalue weighted by Gasteiger charge is -2.25. The molecule has 0 aromatic heterocycles. The van der Waals surface area contributed by atoms with Crippen LogP contribution >= 0.6 is 23.5 Å². The standard InChI is InChI=1S/C19H20N2O2S2/c22-19(10-11-25-18-4-2-1-3-5-18)21-20-12-15-6-8-16(9-7-15)23-17-13-24-14-17/h1-9,12,17H,10-11,13-14H2,(H,21,22)/b20-12-. The molecule has 25 heavy (non-hydrogen) atoms. The van der Waals surface area contributed by atoms with Crippen molar-refractivity contribution in [2.75, 3.05) is 17.3 Å². The molecule has 2 aromatic carbocycles. The number of carbonyl (C=O) groups is 1. The van der Waals surface area contributed by atoms with Gasteiger partial charge in [-0.15, -0.1) is 11.8 Å². The summed E-state index contributed by atoms with van der Waals surface area (Å²) in [7, 11) is 0. The number of hydrazone groups is 1. The highest BCUT2D eigenvalue weighted by molar-refractivity contribution is 8.00. The number of amides is 1. The molecule has 4 nitrogen and oxygen atoms in total. The Morgan fingerprint density at radius 2 is 1.96 bits per heavy atom. The van der Waals surface area contributed by atoms with Crippen molar-refractivity contribution < 1.29 is 9.53 Å². The highest BCUT2D eigenvalue weighted by Gasteiger charge is 2.19. The minimum absolute atomic E-state index is 0.0814. The lowest BCUT2D eigenvalue weighted by Crippen LogP contribution is -2.30. The summed E-state index contributed by atoms with van der Waals surface area (Å²) in [5.74, 6) is 3.67. The van der Waals surface area contributed by atoms with Crippen molar-refractivity contribution in [3.05, 3.63) is 60.2 Å². The molecule has 0 atom stereocenters. The monoisotopic (exact) mass is 372 g/mol. The zero-order valence-electron chi connectivity index (χ0n) is 13.8. The van der Waals surface area contributed by atoms with Gasteiger partial charge in [0.25, 0.3) is 0 Å². The van der Waals surface area contributed by atoms with Crippen molar-refractivity contribution in [2.24, 2.45) is 5.10 Å². The molecule has 3 rings (SSSR count). The molecule has 1 aliphatic heterocycles. The summed E-state index contributed by atoms with van der Waals surface area (Å²) >= 11 is 3.56. The van der Waals surface area contributed by atoms with Crippen LogP contribution in [-0.2, 0) is 4.79 Å². The minimum atomic E-state index is -0.0814. The van der Waals surface area contributed by atoms with E-state index in [1.165, 1.54) is 4.90 Å². The van der Waals surface area contributed by atoms with Gasteiger partial charge in [-0.2, -0.15) is 16.9 Å². The summed E-state index contributed by atoms with van der Waals surface area (Å²) in [5, 5.41) is 4.01. The van der Waals surface area contributed by atoms with Gasteiger partial charge in [0.1, 0.15) is 11.9 Å². The molecule has 1 aliphatic rings. The van der Waals surface area contributed by atoms with E-state index in [9.17, 15) is 4.79 Å². The van der Waals surface area contributed by atoms with Gasteiger partial charge in [-0.3, -0.25) is 4.79 Å². The molecule has 1 saturated heterocycles. The normalized spacial score (nSPS) is 14.2. The quantitative estimate of drug-likeness (QED) is 0.435. The molecule has 130 valence electrons. The highest BCUT2D eigenvalue weighted by Crippen LogP contribution is 2.23. The van der Waals surface area contributed by atoms with Crippen LogP contribution in [0.25, 0.3) is 0 Å². The van der Waals surface area contributed by atoms with Crippen molar-refractivity contribution in [1.82, 2.24) is 5.43 Å². The maximum absolute atomic E-state index is 11.8. The van der Waals surface area contributed by atoms with Crippen LogP contribution in [0.3, 0.4) is 0 Å². The van der Waals surface area contributed by atoms with Gasteiger partial charge < -0.3 is 4.74 Å². The van der Waals surface area contributed by atoms with Gasteiger partial charge in [-0.25, -0.2) is 5.43 Å². The third kappa shape index (κ3) is 6.14. The molecular formula is C19H20N2O2S2. The molecule has 0 aliphatic carbocycles. The number of rotatable bonds is 8. The van der Waals surface area contributed by atoms with Crippen molar-refractivity contribution in [2.45, 2.75) is 17.4 Å². The van der Waals surface area contributed by atoms with Crippen LogP contribution in [0.1, 0.15) is 12.0 Å². The largest absolute Gasteiger partial charge is 0.489 e. The van der Waals surface area contributed by atoms with Gasteiger partial charge >= 0.3 is 0 Å². The van der Waals surface area contributed by atoms with Gasteiger partial charge in [0, 0.05) is 28.6 Å². The van der Waals surface area contributed by atoms with Gasteiger partial charge in [0.2, 0.25) is 5.91 Å². The molecule has 0 saturated carbocycles. The fraction of sp³-hybridized carbons (Fsp3) is 0.263. The number of hydrogen-bond acceptors (Lipinski definition) is 5. The maximum atomic E-state index is 11.8. The first-order valence-corrected chi connectivity index (χ1v) is 10.3. The third-order valence-corrected chi connectivity index (χ3v) is 5.76. The lowest BCUT2D eigenvalue weighted by atomic mass is 10.2. The number of ether oxygens (including phenoxy) is 1. The second-order valence-electron chi connectivity index (χ2n) is 5.55.